The van der Waals surface area contributed by atoms with E-state index in [1.165, 1.54) is 6.42 Å². The van der Waals surface area contributed by atoms with Crippen molar-refractivity contribution in [3.63, 3.8) is 0 Å². The predicted octanol–water partition coefficient (Wildman–Crippen LogP) is 3.27. The van der Waals surface area contributed by atoms with E-state index < -0.39 is 0 Å². The molecule has 0 spiro atoms. The average molecular weight is 215 g/mol. The summed E-state index contributed by atoms with van der Waals surface area (Å²) < 4.78 is 5.18. The van der Waals surface area contributed by atoms with E-state index in [0.29, 0.717) is 17.7 Å². The topological polar surface area (TPSA) is 38.9 Å². The van der Waals surface area contributed by atoms with Crippen LogP contribution in [0.4, 0.5) is 0 Å². The zero-order valence-corrected chi connectivity index (χ0v) is 9.29. The lowest BCUT2D eigenvalue weighted by molar-refractivity contribution is 0.370. The molecule has 3 unspecified atom stereocenters. The average Bonchev–Trinajstić information content (AvgIpc) is 2.70. The van der Waals surface area contributed by atoms with Gasteiger partial charge in [-0.1, -0.05) is 25.4 Å². The SMILES string of the molecule is CCCC(Cl)c1noc(C2CC2C)n1. The molecule has 1 aliphatic carbocycles. The van der Waals surface area contributed by atoms with Crippen LogP contribution >= 0.6 is 11.6 Å². The summed E-state index contributed by atoms with van der Waals surface area (Å²) in [6, 6.07) is 0. The number of nitrogens with zero attached hydrogens (tertiary/aromatic N) is 2. The van der Waals surface area contributed by atoms with Gasteiger partial charge in [0.25, 0.3) is 0 Å². The maximum atomic E-state index is 6.10. The Balaban J connectivity index is 2.02. The third-order valence-electron chi connectivity index (χ3n) is 2.71. The van der Waals surface area contributed by atoms with Gasteiger partial charge in [0.15, 0.2) is 5.82 Å². The summed E-state index contributed by atoms with van der Waals surface area (Å²) in [5.41, 5.74) is 0. The molecule has 1 fully saturated rings. The molecule has 1 aromatic rings. The van der Waals surface area contributed by atoms with Gasteiger partial charge in [-0.25, -0.2) is 0 Å². The molecule has 0 amide bonds. The molecule has 1 saturated carbocycles. The molecule has 0 aliphatic heterocycles. The maximum Gasteiger partial charge on any atom is 0.230 e. The van der Waals surface area contributed by atoms with E-state index >= 15 is 0 Å². The van der Waals surface area contributed by atoms with Crippen LogP contribution in [0.1, 0.15) is 56.1 Å². The molecular formula is C10H15ClN2O. The summed E-state index contributed by atoms with van der Waals surface area (Å²) in [5.74, 6) is 2.61. The van der Waals surface area contributed by atoms with Gasteiger partial charge in [0.05, 0.1) is 5.38 Å². The lowest BCUT2D eigenvalue weighted by Crippen LogP contribution is -1.93. The van der Waals surface area contributed by atoms with Gasteiger partial charge in [0, 0.05) is 5.92 Å². The Morgan fingerprint density at radius 1 is 1.64 bits per heavy atom. The fourth-order valence-corrected chi connectivity index (χ4v) is 1.88. The minimum absolute atomic E-state index is 0.0912. The predicted molar refractivity (Wildman–Crippen MR) is 54.3 cm³/mol. The number of rotatable bonds is 4. The summed E-state index contributed by atoms with van der Waals surface area (Å²) in [6.45, 7) is 4.29. The quantitative estimate of drug-likeness (QED) is 0.723. The molecule has 1 aromatic heterocycles. The summed E-state index contributed by atoms with van der Waals surface area (Å²) in [4.78, 5) is 4.33. The summed E-state index contributed by atoms with van der Waals surface area (Å²) in [7, 11) is 0. The normalized spacial score (nSPS) is 27.6. The van der Waals surface area contributed by atoms with E-state index in [2.05, 4.69) is 24.0 Å². The highest BCUT2D eigenvalue weighted by Crippen LogP contribution is 2.46. The van der Waals surface area contributed by atoms with Gasteiger partial charge >= 0.3 is 0 Å². The van der Waals surface area contributed by atoms with E-state index in [4.69, 9.17) is 16.1 Å². The van der Waals surface area contributed by atoms with E-state index in [1.54, 1.807) is 0 Å². The zero-order chi connectivity index (χ0) is 10.1. The first-order valence-electron chi connectivity index (χ1n) is 5.20. The molecule has 3 atom stereocenters. The second-order valence-electron chi connectivity index (χ2n) is 4.07. The fraction of sp³-hybridized carbons (Fsp3) is 0.800. The fourth-order valence-electron chi connectivity index (χ4n) is 1.57. The molecule has 3 nitrogen and oxygen atoms in total. The maximum absolute atomic E-state index is 6.10. The monoisotopic (exact) mass is 214 g/mol. The van der Waals surface area contributed by atoms with Gasteiger partial charge in [0.2, 0.25) is 5.89 Å². The summed E-state index contributed by atoms with van der Waals surface area (Å²) in [5, 5.41) is 3.82. The highest BCUT2D eigenvalue weighted by atomic mass is 35.5. The molecule has 0 saturated heterocycles. The van der Waals surface area contributed by atoms with Crippen LogP contribution in [0.5, 0.6) is 0 Å². The van der Waals surface area contributed by atoms with Crippen LogP contribution in [0.15, 0.2) is 4.52 Å². The first kappa shape index (κ1) is 9.97. The van der Waals surface area contributed by atoms with Crippen LogP contribution in [0, 0.1) is 5.92 Å². The number of hydrogen-bond donors (Lipinski definition) is 0. The first-order chi connectivity index (χ1) is 6.72. The van der Waals surface area contributed by atoms with Gasteiger partial charge in [-0.3, -0.25) is 0 Å². The Morgan fingerprint density at radius 2 is 2.36 bits per heavy atom. The van der Waals surface area contributed by atoms with Gasteiger partial charge < -0.3 is 4.52 Å². The van der Waals surface area contributed by atoms with Crippen LogP contribution in [0.2, 0.25) is 0 Å². The third kappa shape index (κ3) is 1.92. The highest BCUT2D eigenvalue weighted by Gasteiger charge is 2.39. The number of aromatic nitrogens is 2. The van der Waals surface area contributed by atoms with E-state index in [1.807, 2.05) is 0 Å². The number of alkyl halides is 1. The van der Waals surface area contributed by atoms with Crippen molar-refractivity contribution < 1.29 is 4.52 Å². The molecule has 78 valence electrons. The van der Waals surface area contributed by atoms with Gasteiger partial charge in [-0.15, -0.1) is 11.6 Å². The van der Waals surface area contributed by atoms with Crippen molar-refractivity contribution in [3.05, 3.63) is 11.7 Å². The standard InChI is InChI=1S/C10H15ClN2O/c1-3-4-8(11)9-12-10(14-13-9)7-5-6(7)2/h6-8H,3-5H2,1-2H3. The molecule has 0 N–H and O–H groups in total. The highest BCUT2D eigenvalue weighted by molar-refractivity contribution is 6.20. The minimum Gasteiger partial charge on any atom is -0.339 e. The van der Waals surface area contributed by atoms with Crippen LogP contribution in [0.25, 0.3) is 0 Å². The van der Waals surface area contributed by atoms with Crippen molar-refractivity contribution in [2.75, 3.05) is 0 Å². The molecule has 0 bridgehead atoms. The molecule has 14 heavy (non-hydrogen) atoms. The van der Waals surface area contributed by atoms with Crippen molar-refractivity contribution >= 4 is 11.6 Å². The van der Waals surface area contributed by atoms with Gasteiger partial charge in [0.1, 0.15) is 0 Å². The van der Waals surface area contributed by atoms with Crippen molar-refractivity contribution in [2.45, 2.75) is 44.4 Å². The second kappa shape index (κ2) is 3.89. The second-order valence-corrected chi connectivity index (χ2v) is 4.59. The zero-order valence-electron chi connectivity index (χ0n) is 8.53. The van der Waals surface area contributed by atoms with E-state index in [0.717, 1.165) is 18.7 Å². The van der Waals surface area contributed by atoms with Crippen molar-refractivity contribution in [3.8, 4) is 0 Å². The Labute approximate surface area is 88.8 Å². The lowest BCUT2D eigenvalue weighted by Gasteiger charge is -1.99. The summed E-state index contributed by atoms with van der Waals surface area (Å²) in [6.07, 6.45) is 3.11. The van der Waals surface area contributed by atoms with Crippen LogP contribution < -0.4 is 0 Å². The molecule has 1 aliphatic rings. The smallest absolute Gasteiger partial charge is 0.230 e. The van der Waals surface area contributed by atoms with Gasteiger partial charge in [-0.2, -0.15) is 4.98 Å². The Morgan fingerprint density at radius 3 is 2.93 bits per heavy atom. The largest absolute Gasteiger partial charge is 0.339 e. The Bertz CT molecular complexity index is 313. The first-order valence-corrected chi connectivity index (χ1v) is 5.63. The van der Waals surface area contributed by atoms with Crippen molar-refractivity contribution in [1.29, 1.82) is 0 Å². The van der Waals surface area contributed by atoms with Crippen LogP contribution in [-0.4, -0.2) is 10.1 Å². The molecule has 1 heterocycles. The lowest BCUT2D eigenvalue weighted by atomic mass is 10.2. The van der Waals surface area contributed by atoms with Gasteiger partial charge in [-0.05, 0) is 18.8 Å². The number of hydrogen-bond acceptors (Lipinski definition) is 3. The molecule has 0 aromatic carbocycles. The van der Waals surface area contributed by atoms with Crippen LogP contribution in [-0.2, 0) is 0 Å². The minimum atomic E-state index is -0.0912. The summed E-state index contributed by atoms with van der Waals surface area (Å²) >= 11 is 6.10. The Hall–Kier alpha value is -0.570. The number of halogens is 1. The molecule has 4 heteroatoms. The van der Waals surface area contributed by atoms with Crippen molar-refractivity contribution in [2.24, 2.45) is 5.92 Å². The Kier molecular flexibility index (Phi) is 2.77. The molecular weight excluding hydrogens is 200 g/mol. The van der Waals surface area contributed by atoms with Crippen LogP contribution in [0.3, 0.4) is 0 Å². The van der Waals surface area contributed by atoms with E-state index in [9.17, 15) is 0 Å². The molecule has 0 radical (unpaired) electrons. The molecule has 2 rings (SSSR count). The van der Waals surface area contributed by atoms with Crippen molar-refractivity contribution in [1.82, 2.24) is 10.1 Å². The third-order valence-corrected chi connectivity index (χ3v) is 3.12. The van der Waals surface area contributed by atoms with E-state index in [-0.39, 0.29) is 5.38 Å².